The first-order valence-corrected chi connectivity index (χ1v) is 10.7. The first-order valence-electron chi connectivity index (χ1n) is 10.7. The van der Waals surface area contributed by atoms with Crippen LogP contribution in [0, 0.1) is 6.92 Å². The normalized spacial score (nSPS) is 15.9. The molecule has 0 amide bonds. The monoisotopic (exact) mass is 412 g/mol. The second-order valence-corrected chi connectivity index (χ2v) is 8.95. The lowest BCUT2D eigenvalue weighted by Gasteiger charge is -2.33. The summed E-state index contributed by atoms with van der Waals surface area (Å²) in [5.41, 5.74) is 5.72. The van der Waals surface area contributed by atoms with Crippen molar-refractivity contribution in [2.24, 2.45) is 0 Å². The number of hydrogen-bond donors (Lipinski definition) is 1. The van der Waals surface area contributed by atoms with Crippen LogP contribution in [0.1, 0.15) is 88.7 Å². The first kappa shape index (κ1) is 23.8. The van der Waals surface area contributed by atoms with E-state index in [2.05, 4.69) is 45.9 Å². The number of hydrogen-bond acceptors (Lipinski definition) is 4. The Morgan fingerprint density at radius 2 is 1.60 bits per heavy atom. The van der Waals surface area contributed by atoms with Crippen molar-refractivity contribution in [3.05, 3.63) is 57.7 Å². The fourth-order valence-corrected chi connectivity index (χ4v) is 3.53. The highest BCUT2D eigenvalue weighted by atomic mass is 16.7. The van der Waals surface area contributed by atoms with Crippen molar-refractivity contribution in [2.45, 2.75) is 86.4 Å². The van der Waals surface area contributed by atoms with Gasteiger partial charge in [-0.3, -0.25) is 0 Å². The largest absolute Gasteiger partial charge is 0.508 e. The van der Waals surface area contributed by atoms with Crippen LogP contribution in [0.5, 0.6) is 11.5 Å². The van der Waals surface area contributed by atoms with Crippen molar-refractivity contribution in [2.75, 3.05) is 0 Å². The summed E-state index contributed by atoms with van der Waals surface area (Å²) in [7, 11) is 0. The molecule has 0 fully saturated rings. The van der Waals surface area contributed by atoms with E-state index in [9.17, 15) is 9.90 Å². The smallest absolute Gasteiger partial charge is 0.345 e. The minimum atomic E-state index is -1.05. The van der Waals surface area contributed by atoms with Crippen LogP contribution in [0.4, 0.5) is 0 Å². The standard InChI is InChI=1S/C26H36O4/c1-17(2)10-8-11-18(3)12-9-13-19(4)14-15-21-22(27)16-20(5)23-24(21)29-26(6,7)30-25(23)28/h10,12,14,16,27H,8-9,11,13,15H2,1-7H3/b18-12+,19-14+. The molecule has 30 heavy (non-hydrogen) atoms. The maximum Gasteiger partial charge on any atom is 0.345 e. The summed E-state index contributed by atoms with van der Waals surface area (Å²) in [5.74, 6) is -0.871. The number of aryl methyl sites for hydroxylation is 1. The lowest BCUT2D eigenvalue weighted by Crippen LogP contribution is -2.39. The van der Waals surface area contributed by atoms with E-state index in [0.29, 0.717) is 28.9 Å². The van der Waals surface area contributed by atoms with Crippen LogP contribution in [-0.4, -0.2) is 16.9 Å². The number of fused-ring (bicyclic) bond motifs is 1. The van der Waals surface area contributed by atoms with E-state index < -0.39 is 11.8 Å². The summed E-state index contributed by atoms with van der Waals surface area (Å²) < 4.78 is 11.3. The Kier molecular flexibility index (Phi) is 7.94. The molecule has 164 valence electrons. The average Bonchev–Trinajstić information content (AvgIpc) is 2.59. The summed E-state index contributed by atoms with van der Waals surface area (Å²) in [6.45, 7) is 13.7. The van der Waals surface area contributed by atoms with Crippen molar-refractivity contribution in [3.8, 4) is 11.5 Å². The van der Waals surface area contributed by atoms with Crippen molar-refractivity contribution in [1.29, 1.82) is 0 Å². The minimum absolute atomic E-state index is 0.149. The van der Waals surface area contributed by atoms with E-state index >= 15 is 0 Å². The Labute approximate surface area is 181 Å². The van der Waals surface area contributed by atoms with Gasteiger partial charge in [-0.1, -0.05) is 34.9 Å². The van der Waals surface area contributed by atoms with Crippen molar-refractivity contribution >= 4 is 5.97 Å². The van der Waals surface area contributed by atoms with E-state index in [4.69, 9.17) is 9.47 Å². The van der Waals surface area contributed by atoms with E-state index in [-0.39, 0.29) is 5.75 Å². The third-order valence-corrected chi connectivity index (χ3v) is 5.23. The van der Waals surface area contributed by atoms with Crippen LogP contribution in [0.25, 0.3) is 0 Å². The molecule has 1 heterocycles. The molecule has 0 aromatic heterocycles. The van der Waals surface area contributed by atoms with Gasteiger partial charge in [-0.05, 0) is 78.4 Å². The second-order valence-electron chi connectivity index (χ2n) is 8.95. The number of esters is 1. The van der Waals surface area contributed by atoms with E-state index in [0.717, 1.165) is 25.7 Å². The molecule has 4 heteroatoms. The lowest BCUT2D eigenvalue weighted by molar-refractivity contribution is -0.127. The van der Waals surface area contributed by atoms with Gasteiger partial charge < -0.3 is 14.6 Å². The molecule has 4 nitrogen and oxygen atoms in total. The Bertz CT molecular complexity index is 881. The number of cyclic esters (lactones) is 1. The van der Waals surface area contributed by atoms with Gasteiger partial charge in [0.05, 0.1) is 0 Å². The van der Waals surface area contributed by atoms with Gasteiger partial charge in [0, 0.05) is 19.4 Å². The predicted molar refractivity (Wildman–Crippen MR) is 122 cm³/mol. The molecule has 0 unspecified atom stereocenters. The molecule has 0 aliphatic carbocycles. The van der Waals surface area contributed by atoms with Crippen LogP contribution >= 0.6 is 0 Å². The van der Waals surface area contributed by atoms with Crippen LogP contribution in [-0.2, 0) is 11.2 Å². The van der Waals surface area contributed by atoms with Gasteiger partial charge in [0.1, 0.15) is 17.1 Å². The zero-order valence-corrected chi connectivity index (χ0v) is 19.5. The van der Waals surface area contributed by atoms with Gasteiger partial charge >= 0.3 is 5.97 Å². The molecule has 0 bridgehead atoms. The molecule has 0 radical (unpaired) electrons. The number of phenols is 1. The van der Waals surface area contributed by atoms with Crippen LogP contribution in [0.2, 0.25) is 0 Å². The van der Waals surface area contributed by atoms with Gasteiger partial charge in [0.25, 0.3) is 0 Å². The molecule has 0 saturated carbocycles. The zero-order valence-electron chi connectivity index (χ0n) is 19.5. The highest BCUT2D eigenvalue weighted by Crippen LogP contribution is 2.41. The number of allylic oxidation sites excluding steroid dienone is 6. The van der Waals surface area contributed by atoms with E-state index in [1.54, 1.807) is 26.8 Å². The highest BCUT2D eigenvalue weighted by molar-refractivity contribution is 5.96. The third kappa shape index (κ3) is 6.51. The molecule has 1 aliphatic rings. The SMILES string of the molecule is CC(C)=CCC/C(C)=C/CC/C(C)=C/Cc1c(O)cc(C)c2c1OC(C)(C)OC2=O. The molecule has 1 aromatic rings. The molecule has 0 atom stereocenters. The van der Waals surface area contributed by atoms with Crippen LogP contribution in [0.15, 0.2) is 41.0 Å². The molecule has 0 saturated heterocycles. The Morgan fingerprint density at radius 3 is 2.23 bits per heavy atom. The predicted octanol–water partition coefficient (Wildman–Crippen LogP) is 6.95. The number of benzene rings is 1. The Hall–Kier alpha value is -2.49. The number of phenolic OH excluding ortho intramolecular Hbond substituents is 1. The van der Waals surface area contributed by atoms with Crippen molar-refractivity contribution < 1.29 is 19.4 Å². The lowest BCUT2D eigenvalue weighted by atomic mass is 9.97. The van der Waals surface area contributed by atoms with Gasteiger partial charge in [-0.25, -0.2) is 4.79 Å². The quantitative estimate of drug-likeness (QED) is 0.371. The summed E-state index contributed by atoms with van der Waals surface area (Å²) in [6, 6.07) is 1.61. The third-order valence-electron chi connectivity index (χ3n) is 5.23. The fourth-order valence-electron chi connectivity index (χ4n) is 3.53. The summed E-state index contributed by atoms with van der Waals surface area (Å²) in [5, 5.41) is 10.5. The molecule has 2 rings (SSSR count). The number of ether oxygens (including phenoxy) is 2. The van der Waals surface area contributed by atoms with E-state index in [1.165, 1.54) is 16.7 Å². The van der Waals surface area contributed by atoms with Gasteiger partial charge in [0.15, 0.2) is 0 Å². The molecule has 1 N–H and O–H groups in total. The zero-order chi connectivity index (χ0) is 22.5. The van der Waals surface area contributed by atoms with Crippen molar-refractivity contribution in [3.63, 3.8) is 0 Å². The van der Waals surface area contributed by atoms with Crippen molar-refractivity contribution in [1.82, 2.24) is 0 Å². The molecule has 1 aliphatic heterocycles. The number of rotatable bonds is 8. The number of aromatic hydroxyl groups is 1. The van der Waals surface area contributed by atoms with Gasteiger partial charge in [-0.2, -0.15) is 0 Å². The highest BCUT2D eigenvalue weighted by Gasteiger charge is 2.37. The minimum Gasteiger partial charge on any atom is -0.508 e. The average molecular weight is 413 g/mol. The molecular weight excluding hydrogens is 376 g/mol. The summed E-state index contributed by atoms with van der Waals surface area (Å²) in [4.78, 5) is 12.4. The topological polar surface area (TPSA) is 55.8 Å². The number of carbonyl (C=O) groups is 1. The van der Waals surface area contributed by atoms with E-state index in [1.807, 2.05) is 0 Å². The summed E-state index contributed by atoms with van der Waals surface area (Å²) >= 11 is 0. The maximum absolute atomic E-state index is 12.4. The first-order chi connectivity index (χ1) is 14.0. The maximum atomic E-state index is 12.4. The molecule has 1 aromatic carbocycles. The summed E-state index contributed by atoms with van der Waals surface area (Å²) in [6.07, 6.45) is 11.3. The Balaban J connectivity index is 2.08. The van der Waals surface area contributed by atoms with Crippen LogP contribution in [0.3, 0.4) is 0 Å². The number of carbonyl (C=O) groups excluding carboxylic acids is 1. The Morgan fingerprint density at radius 1 is 1.00 bits per heavy atom. The van der Waals surface area contributed by atoms with Gasteiger partial charge in [-0.15, -0.1) is 0 Å². The fraction of sp³-hybridized carbons (Fsp3) is 0.500. The second kappa shape index (κ2) is 10.0. The molecule has 0 spiro atoms. The molecular formula is C26H36O4. The van der Waals surface area contributed by atoms with Crippen LogP contribution < -0.4 is 4.74 Å². The van der Waals surface area contributed by atoms with Gasteiger partial charge in [0.2, 0.25) is 5.79 Å².